The normalized spacial score (nSPS) is 15.1. The van der Waals surface area contributed by atoms with Crippen LogP contribution in [0.3, 0.4) is 0 Å². The molecule has 7 heteroatoms. The van der Waals surface area contributed by atoms with E-state index >= 15 is 0 Å². The summed E-state index contributed by atoms with van der Waals surface area (Å²) in [5.41, 5.74) is 3.07. The highest BCUT2D eigenvalue weighted by molar-refractivity contribution is 9.10. The number of amides is 1. The van der Waals surface area contributed by atoms with Crippen LogP contribution >= 0.6 is 15.9 Å². The van der Waals surface area contributed by atoms with E-state index in [9.17, 15) is 4.79 Å². The zero-order valence-electron chi connectivity index (χ0n) is 11.2. The zero-order valence-corrected chi connectivity index (χ0v) is 12.8. The molecule has 0 atom stereocenters. The van der Waals surface area contributed by atoms with Crippen LogP contribution in [0.5, 0.6) is 0 Å². The molecule has 0 saturated heterocycles. The molecule has 108 valence electrons. The van der Waals surface area contributed by atoms with Crippen molar-refractivity contribution < 1.29 is 4.79 Å². The molecule has 0 bridgehead atoms. The number of nitrogens with zero attached hydrogens (tertiary/aromatic N) is 2. The number of pyridine rings is 1. The fourth-order valence-electron chi connectivity index (χ4n) is 2.35. The highest BCUT2D eigenvalue weighted by atomic mass is 79.9. The lowest BCUT2D eigenvalue weighted by Crippen LogP contribution is -2.05. The third kappa shape index (κ3) is 2.15. The summed E-state index contributed by atoms with van der Waals surface area (Å²) in [5.74, 6) is 0.952. The van der Waals surface area contributed by atoms with Gasteiger partial charge in [0.15, 0.2) is 0 Å². The summed E-state index contributed by atoms with van der Waals surface area (Å²) in [6.45, 7) is 0. The predicted octanol–water partition coefficient (Wildman–Crippen LogP) is 3.13. The summed E-state index contributed by atoms with van der Waals surface area (Å²) in [7, 11) is 0. The van der Waals surface area contributed by atoms with Crippen LogP contribution in [-0.4, -0.2) is 20.9 Å². The number of para-hydroxylation sites is 2. The first-order valence-electron chi connectivity index (χ1n) is 6.59. The molecule has 22 heavy (non-hydrogen) atoms. The Morgan fingerprint density at radius 2 is 2.14 bits per heavy atom. The van der Waals surface area contributed by atoms with E-state index in [-0.39, 0.29) is 5.91 Å². The summed E-state index contributed by atoms with van der Waals surface area (Å²) in [5, 5.41) is 5.76. The molecule has 0 unspecified atom stereocenters. The molecule has 4 rings (SSSR count). The third-order valence-corrected chi connectivity index (χ3v) is 3.80. The van der Waals surface area contributed by atoms with Crippen molar-refractivity contribution in [1.29, 1.82) is 0 Å². The van der Waals surface area contributed by atoms with Gasteiger partial charge in [-0.05, 0) is 34.1 Å². The molecule has 0 saturated carbocycles. The number of halogens is 1. The molecule has 0 spiro atoms. The topological polar surface area (TPSA) is 82.7 Å². The Balaban J connectivity index is 1.68. The average Bonchev–Trinajstić information content (AvgIpc) is 3.05. The van der Waals surface area contributed by atoms with E-state index in [0.717, 1.165) is 21.1 Å². The molecule has 1 aromatic carbocycles. The summed E-state index contributed by atoms with van der Waals surface area (Å²) in [4.78, 5) is 23.8. The lowest BCUT2D eigenvalue weighted by molar-refractivity contribution is -0.110. The van der Waals surface area contributed by atoms with Gasteiger partial charge in [-0.15, -0.1) is 0 Å². The molecule has 0 radical (unpaired) electrons. The molecule has 2 aromatic heterocycles. The Kier molecular flexibility index (Phi) is 2.93. The number of anilines is 2. The molecular weight excluding hydrogens is 346 g/mol. The SMILES string of the molecule is O=C1Nc2ncc(Br)cc2/C1=C/Nc1nc2ccccc2[nH]1. The van der Waals surface area contributed by atoms with Gasteiger partial charge >= 0.3 is 0 Å². The van der Waals surface area contributed by atoms with Crippen LogP contribution in [0.15, 0.2) is 47.2 Å². The molecule has 3 aromatic rings. The Bertz CT molecular complexity index is 898. The van der Waals surface area contributed by atoms with Crippen molar-refractivity contribution in [3.8, 4) is 0 Å². The number of fused-ring (bicyclic) bond motifs is 2. The van der Waals surface area contributed by atoms with Crippen molar-refractivity contribution in [3.05, 3.63) is 52.8 Å². The monoisotopic (exact) mass is 355 g/mol. The smallest absolute Gasteiger partial charge is 0.259 e. The molecule has 3 heterocycles. The number of H-pyrrole nitrogens is 1. The Morgan fingerprint density at radius 3 is 3.00 bits per heavy atom. The predicted molar refractivity (Wildman–Crippen MR) is 88.3 cm³/mol. The number of hydrogen-bond acceptors (Lipinski definition) is 4. The maximum absolute atomic E-state index is 12.0. The molecule has 1 amide bonds. The van der Waals surface area contributed by atoms with Crippen molar-refractivity contribution in [2.24, 2.45) is 0 Å². The number of carbonyl (C=O) groups is 1. The first-order chi connectivity index (χ1) is 10.7. The number of nitrogens with one attached hydrogen (secondary N) is 3. The van der Waals surface area contributed by atoms with Crippen LogP contribution < -0.4 is 10.6 Å². The summed E-state index contributed by atoms with van der Waals surface area (Å²) >= 11 is 3.36. The van der Waals surface area contributed by atoms with Gasteiger partial charge in [0.05, 0.1) is 16.6 Å². The van der Waals surface area contributed by atoms with Gasteiger partial charge in [-0.25, -0.2) is 9.97 Å². The van der Waals surface area contributed by atoms with Crippen molar-refractivity contribution in [2.75, 3.05) is 10.6 Å². The van der Waals surface area contributed by atoms with Crippen LogP contribution in [0.1, 0.15) is 5.56 Å². The minimum atomic E-state index is -0.191. The largest absolute Gasteiger partial charge is 0.332 e. The minimum absolute atomic E-state index is 0.191. The van der Waals surface area contributed by atoms with Gasteiger partial charge < -0.3 is 15.6 Å². The van der Waals surface area contributed by atoms with Gasteiger partial charge in [-0.1, -0.05) is 12.1 Å². The van der Waals surface area contributed by atoms with Gasteiger partial charge in [-0.2, -0.15) is 0 Å². The van der Waals surface area contributed by atoms with Gasteiger partial charge in [0.25, 0.3) is 5.91 Å². The summed E-state index contributed by atoms with van der Waals surface area (Å²) in [6.07, 6.45) is 3.28. The van der Waals surface area contributed by atoms with E-state index in [4.69, 9.17) is 0 Å². The van der Waals surface area contributed by atoms with Crippen molar-refractivity contribution in [2.45, 2.75) is 0 Å². The van der Waals surface area contributed by atoms with Crippen molar-refractivity contribution in [1.82, 2.24) is 15.0 Å². The van der Waals surface area contributed by atoms with E-state index in [1.807, 2.05) is 30.3 Å². The van der Waals surface area contributed by atoms with E-state index in [2.05, 4.69) is 41.5 Å². The van der Waals surface area contributed by atoms with Crippen LogP contribution in [-0.2, 0) is 4.79 Å². The molecule has 0 aliphatic carbocycles. The van der Waals surface area contributed by atoms with Crippen LogP contribution in [0.2, 0.25) is 0 Å². The molecule has 1 aliphatic rings. The van der Waals surface area contributed by atoms with E-state index in [1.165, 1.54) is 0 Å². The van der Waals surface area contributed by atoms with E-state index in [1.54, 1.807) is 12.4 Å². The van der Waals surface area contributed by atoms with Crippen LogP contribution in [0, 0.1) is 0 Å². The number of rotatable bonds is 2. The van der Waals surface area contributed by atoms with E-state index < -0.39 is 0 Å². The molecule has 1 aliphatic heterocycles. The summed E-state index contributed by atoms with van der Waals surface area (Å²) < 4.78 is 0.817. The van der Waals surface area contributed by atoms with Crippen LogP contribution in [0.25, 0.3) is 16.6 Å². The number of aromatic nitrogens is 3. The second-order valence-corrected chi connectivity index (χ2v) is 5.72. The number of hydrogen-bond donors (Lipinski definition) is 3. The Hall–Kier alpha value is -2.67. The Morgan fingerprint density at radius 1 is 1.27 bits per heavy atom. The zero-order chi connectivity index (χ0) is 15.1. The number of imidazole rings is 1. The van der Waals surface area contributed by atoms with Crippen molar-refractivity contribution >= 4 is 50.2 Å². The van der Waals surface area contributed by atoms with Gasteiger partial charge in [0, 0.05) is 22.4 Å². The second-order valence-electron chi connectivity index (χ2n) is 4.81. The lowest BCUT2D eigenvalue weighted by atomic mass is 10.1. The fourth-order valence-corrected chi connectivity index (χ4v) is 2.68. The van der Waals surface area contributed by atoms with Gasteiger partial charge in [0.1, 0.15) is 5.82 Å². The maximum Gasteiger partial charge on any atom is 0.259 e. The third-order valence-electron chi connectivity index (χ3n) is 3.36. The summed E-state index contributed by atoms with van der Waals surface area (Å²) in [6, 6.07) is 9.58. The number of aromatic amines is 1. The highest BCUT2D eigenvalue weighted by Crippen LogP contribution is 2.31. The fraction of sp³-hybridized carbons (Fsp3) is 0. The second kappa shape index (κ2) is 4.96. The molecule has 6 nitrogen and oxygen atoms in total. The molecule has 3 N–H and O–H groups in total. The van der Waals surface area contributed by atoms with Gasteiger partial charge in [-0.3, -0.25) is 4.79 Å². The lowest BCUT2D eigenvalue weighted by Gasteiger charge is -1.99. The maximum atomic E-state index is 12.0. The molecule has 0 fully saturated rings. The molecular formula is C15H10BrN5O. The first-order valence-corrected chi connectivity index (χ1v) is 7.39. The average molecular weight is 356 g/mol. The highest BCUT2D eigenvalue weighted by Gasteiger charge is 2.25. The quantitative estimate of drug-likeness (QED) is 0.616. The van der Waals surface area contributed by atoms with Gasteiger partial charge in [0.2, 0.25) is 5.95 Å². The standard InChI is InChI=1S/C15H10BrN5O/c16-8-5-9-10(14(22)21-13(9)17-6-8)7-18-15-19-11-3-1-2-4-12(11)20-15/h1-7H,(H,17,21,22)(H2,18,19,20)/b10-7-. The van der Waals surface area contributed by atoms with E-state index in [0.29, 0.717) is 17.3 Å². The van der Waals surface area contributed by atoms with Crippen LogP contribution in [0.4, 0.5) is 11.8 Å². The first kappa shape index (κ1) is 13.0. The van der Waals surface area contributed by atoms with Crippen molar-refractivity contribution in [3.63, 3.8) is 0 Å². The Labute approximate surface area is 133 Å². The number of benzene rings is 1. The minimum Gasteiger partial charge on any atom is -0.332 e. The number of carbonyl (C=O) groups excluding carboxylic acids is 1.